The van der Waals surface area contributed by atoms with Crippen LogP contribution in [0.2, 0.25) is 0 Å². The normalized spacial score (nSPS) is 16.7. The molecule has 0 aromatic heterocycles. The van der Waals surface area contributed by atoms with Crippen molar-refractivity contribution in [2.24, 2.45) is 5.92 Å². The van der Waals surface area contributed by atoms with Gasteiger partial charge in [0.1, 0.15) is 5.75 Å². The molecule has 2 aromatic rings. The lowest BCUT2D eigenvalue weighted by Gasteiger charge is -2.17. The first-order valence-corrected chi connectivity index (χ1v) is 9.28. The predicted octanol–water partition coefficient (Wildman–Crippen LogP) is 3.81. The Morgan fingerprint density at radius 1 is 1.15 bits per heavy atom. The molecule has 2 aromatic carbocycles. The standard InChI is InChI=1S/C22H26N2O3/c1-15(2)17-6-8-19(9-7-17)23-22(26)18-12-21(25)24(14-18)13-16-4-10-20(27-3)11-5-16/h4-11,15,18H,12-14H2,1-3H3,(H,23,26)/t18-/m1/s1. The van der Waals surface area contributed by atoms with Crippen LogP contribution in [-0.2, 0) is 16.1 Å². The molecule has 0 unspecified atom stereocenters. The monoisotopic (exact) mass is 366 g/mol. The summed E-state index contributed by atoms with van der Waals surface area (Å²) < 4.78 is 5.15. The van der Waals surface area contributed by atoms with Crippen LogP contribution in [0.15, 0.2) is 48.5 Å². The maximum Gasteiger partial charge on any atom is 0.229 e. The summed E-state index contributed by atoms with van der Waals surface area (Å²) in [5, 5.41) is 2.94. The van der Waals surface area contributed by atoms with E-state index >= 15 is 0 Å². The van der Waals surface area contributed by atoms with Crippen LogP contribution < -0.4 is 10.1 Å². The number of nitrogens with one attached hydrogen (secondary N) is 1. The van der Waals surface area contributed by atoms with Gasteiger partial charge in [0.2, 0.25) is 11.8 Å². The molecule has 1 N–H and O–H groups in total. The van der Waals surface area contributed by atoms with Crippen LogP contribution in [-0.4, -0.2) is 30.4 Å². The van der Waals surface area contributed by atoms with Crippen molar-refractivity contribution in [3.8, 4) is 5.75 Å². The highest BCUT2D eigenvalue weighted by molar-refractivity contribution is 5.97. The fourth-order valence-corrected chi connectivity index (χ4v) is 3.25. The lowest BCUT2D eigenvalue weighted by atomic mass is 10.0. The van der Waals surface area contributed by atoms with Crippen molar-refractivity contribution in [1.82, 2.24) is 4.90 Å². The van der Waals surface area contributed by atoms with Crippen molar-refractivity contribution in [3.63, 3.8) is 0 Å². The van der Waals surface area contributed by atoms with E-state index in [2.05, 4.69) is 19.2 Å². The highest BCUT2D eigenvalue weighted by atomic mass is 16.5. The Morgan fingerprint density at radius 3 is 2.41 bits per heavy atom. The number of amides is 2. The number of hydrogen-bond donors (Lipinski definition) is 1. The zero-order valence-electron chi connectivity index (χ0n) is 16.1. The maximum atomic E-state index is 12.6. The number of likely N-dealkylation sites (tertiary alicyclic amines) is 1. The van der Waals surface area contributed by atoms with E-state index < -0.39 is 0 Å². The van der Waals surface area contributed by atoms with Crippen molar-refractivity contribution >= 4 is 17.5 Å². The van der Waals surface area contributed by atoms with Crippen LogP contribution in [0.5, 0.6) is 5.75 Å². The molecule has 3 rings (SSSR count). The number of nitrogens with zero attached hydrogens (tertiary/aromatic N) is 1. The Balaban J connectivity index is 1.57. The molecule has 0 bridgehead atoms. The average Bonchev–Trinajstić information content (AvgIpc) is 3.03. The van der Waals surface area contributed by atoms with Gasteiger partial charge < -0.3 is 15.0 Å². The number of rotatable bonds is 6. The Labute approximate surface area is 160 Å². The molecule has 2 amide bonds. The van der Waals surface area contributed by atoms with E-state index in [1.165, 1.54) is 5.56 Å². The first-order valence-electron chi connectivity index (χ1n) is 9.28. The van der Waals surface area contributed by atoms with E-state index in [1.807, 2.05) is 48.5 Å². The van der Waals surface area contributed by atoms with Crippen LogP contribution in [0.4, 0.5) is 5.69 Å². The van der Waals surface area contributed by atoms with E-state index in [0.717, 1.165) is 17.0 Å². The van der Waals surface area contributed by atoms with Crippen LogP contribution in [0.25, 0.3) is 0 Å². The molecular weight excluding hydrogens is 340 g/mol. The van der Waals surface area contributed by atoms with Gasteiger partial charge in [-0.2, -0.15) is 0 Å². The largest absolute Gasteiger partial charge is 0.497 e. The van der Waals surface area contributed by atoms with Gasteiger partial charge in [0, 0.05) is 25.2 Å². The van der Waals surface area contributed by atoms with Crippen molar-refractivity contribution < 1.29 is 14.3 Å². The average molecular weight is 366 g/mol. The van der Waals surface area contributed by atoms with Crippen LogP contribution >= 0.6 is 0 Å². The maximum absolute atomic E-state index is 12.6. The summed E-state index contributed by atoms with van der Waals surface area (Å²) in [6.45, 7) is 5.22. The third kappa shape index (κ3) is 4.67. The third-order valence-electron chi connectivity index (χ3n) is 4.96. The van der Waals surface area contributed by atoms with Crippen molar-refractivity contribution in [2.45, 2.75) is 32.7 Å². The van der Waals surface area contributed by atoms with Crippen molar-refractivity contribution in [2.75, 3.05) is 19.0 Å². The van der Waals surface area contributed by atoms with Gasteiger partial charge in [-0.15, -0.1) is 0 Å². The highest BCUT2D eigenvalue weighted by Gasteiger charge is 2.34. The molecule has 1 saturated heterocycles. The van der Waals surface area contributed by atoms with Gasteiger partial charge in [-0.05, 0) is 41.3 Å². The fraction of sp³-hybridized carbons (Fsp3) is 0.364. The lowest BCUT2D eigenvalue weighted by molar-refractivity contribution is -0.128. The third-order valence-corrected chi connectivity index (χ3v) is 4.96. The second-order valence-electron chi connectivity index (χ2n) is 7.29. The molecule has 1 aliphatic heterocycles. The zero-order valence-corrected chi connectivity index (χ0v) is 16.1. The zero-order chi connectivity index (χ0) is 19.4. The first kappa shape index (κ1) is 19.0. The lowest BCUT2D eigenvalue weighted by Crippen LogP contribution is -2.28. The highest BCUT2D eigenvalue weighted by Crippen LogP contribution is 2.23. The molecule has 5 heteroatoms. The number of hydrogen-bond acceptors (Lipinski definition) is 3. The number of carbonyl (C=O) groups is 2. The van der Waals surface area contributed by atoms with Gasteiger partial charge in [-0.3, -0.25) is 9.59 Å². The second-order valence-corrected chi connectivity index (χ2v) is 7.29. The number of methoxy groups -OCH3 is 1. The van der Waals surface area contributed by atoms with Crippen molar-refractivity contribution in [3.05, 3.63) is 59.7 Å². The Morgan fingerprint density at radius 2 is 1.81 bits per heavy atom. The summed E-state index contributed by atoms with van der Waals surface area (Å²) in [5.74, 6) is 0.834. The van der Waals surface area contributed by atoms with E-state index in [1.54, 1.807) is 12.0 Å². The molecule has 1 fully saturated rings. The minimum atomic E-state index is -0.319. The van der Waals surface area contributed by atoms with E-state index in [9.17, 15) is 9.59 Å². The molecule has 0 spiro atoms. The van der Waals surface area contributed by atoms with Crippen LogP contribution in [0.1, 0.15) is 37.3 Å². The molecule has 1 aliphatic rings. The second kappa shape index (κ2) is 8.25. The summed E-state index contributed by atoms with van der Waals surface area (Å²) in [5.41, 5.74) is 3.02. The minimum Gasteiger partial charge on any atom is -0.497 e. The molecule has 1 atom stereocenters. The molecule has 0 radical (unpaired) electrons. The number of benzene rings is 2. The summed E-state index contributed by atoms with van der Waals surface area (Å²) in [6.07, 6.45) is 0.256. The van der Waals surface area contributed by atoms with Gasteiger partial charge in [0.05, 0.1) is 13.0 Å². The van der Waals surface area contributed by atoms with Crippen molar-refractivity contribution in [1.29, 1.82) is 0 Å². The van der Waals surface area contributed by atoms with E-state index in [4.69, 9.17) is 4.74 Å². The molecular formula is C22H26N2O3. The minimum absolute atomic E-state index is 0.0149. The summed E-state index contributed by atoms with van der Waals surface area (Å²) in [7, 11) is 1.62. The van der Waals surface area contributed by atoms with Gasteiger partial charge in [-0.25, -0.2) is 0 Å². The molecule has 1 heterocycles. The van der Waals surface area contributed by atoms with E-state index in [-0.39, 0.29) is 24.2 Å². The smallest absolute Gasteiger partial charge is 0.229 e. The number of ether oxygens (including phenoxy) is 1. The quantitative estimate of drug-likeness (QED) is 0.846. The van der Waals surface area contributed by atoms with Gasteiger partial charge in [0.15, 0.2) is 0 Å². The SMILES string of the molecule is COc1ccc(CN2C[C@H](C(=O)Nc3ccc(C(C)C)cc3)CC2=O)cc1. The first-order chi connectivity index (χ1) is 13.0. The van der Waals surface area contributed by atoms with E-state index in [0.29, 0.717) is 19.0 Å². The Bertz CT molecular complexity index is 797. The van der Waals surface area contributed by atoms with Crippen LogP contribution in [0.3, 0.4) is 0 Å². The molecule has 5 nitrogen and oxygen atoms in total. The number of carbonyl (C=O) groups excluding carboxylic acids is 2. The topological polar surface area (TPSA) is 58.6 Å². The van der Waals surface area contributed by atoms with Gasteiger partial charge in [0.25, 0.3) is 0 Å². The van der Waals surface area contributed by atoms with Gasteiger partial charge >= 0.3 is 0 Å². The fourth-order valence-electron chi connectivity index (χ4n) is 3.25. The molecule has 0 aliphatic carbocycles. The summed E-state index contributed by atoms with van der Waals surface area (Å²) in [4.78, 5) is 26.6. The number of anilines is 1. The molecule has 27 heavy (non-hydrogen) atoms. The van der Waals surface area contributed by atoms with Crippen LogP contribution in [0, 0.1) is 5.92 Å². The Kier molecular flexibility index (Phi) is 5.79. The predicted molar refractivity (Wildman–Crippen MR) is 106 cm³/mol. The summed E-state index contributed by atoms with van der Waals surface area (Å²) in [6, 6.07) is 15.5. The van der Waals surface area contributed by atoms with Gasteiger partial charge in [-0.1, -0.05) is 38.1 Å². The molecule has 0 saturated carbocycles. The summed E-state index contributed by atoms with van der Waals surface area (Å²) >= 11 is 0. The Hall–Kier alpha value is -2.82. The molecule has 142 valence electrons.